The molecule has 0 bridgehead atoms. The minimum atomic E-state index is -1.02. The number of rotatable bonds is 7. The Labute approximate surface area is 89.6 Å². The van der Waals surface area contributed by atoms with E-state index < -0.39 is 5.97 Å². The van der Waals surface area contributed by atoms with Gasteiger partial charge in [-0.15, -0.1) is 6.58 Å². The maximum absolute atomic E-state index is 11.6. The van der Waals surface area contributed by atoms with Crippen LogP contribution < -0.4 is 5.73 Å². The quantitative estimate of drug-likeness (QED) is 0.587. The molecule has 0 fully saturated rings. The molecule has 0 aromatic carbocycles. The molecule has 0 aliphatic carbocycles. The molecule has 86 valence electrons. The van der Waals surface area contributed by atoms with Gasteiger partial charge in [0.1, 0.15) is 6.54 Å². The fourth-order valence-electron chi connectivity index (χ4n) is 1.08. The first kappa shape index (κ1) is 13.6. The molecule has 1 atom stereocenters. The molecular formula is C10H18N2O3. The Morgan fingerprint density at radius 3 is 2.60 bits per heavy atom. The van der Waals surface area contributed by atoms with Crippen LogP contribution in [0.25, 0.3) is 0 Å². The molecule has 0 saturated carbocycles. The molecule has 0 aliphatic heterocycles. The highest BCUT2D eigenvalue weighted by molar-refractivity contribution is 5.81. The molecule has 0 aliphatic rings. The summed E-state index contributed by atoms with van der Waals surface area (Å²) in [4.78, 5) is 23.3. The highest BCUT2D eigenvalue weighted by atomic mass is 16.4. The fraction of sp³-hybridized carbons (Fsp3) is 0.600. The summed E-state index contributed by atoms with van der Waals surface area (Å²) < 4.78 is 0. The molecule has 1 amide bonds. The molecule has 0 aromatic heterocycles. The van der Waals surface area contributed by atoms with Crippen molar-refractivity contribution in [3.63, 3.8) is 0 Å². The van der Waals surface area contributed by atoms with Crippen LogP contribution in [0.4, 0.5) is 0 Å². The predicted octanol–water partition coefficient (Wildman–Crippen LogP) is 0.0705. The van der Waals surface area contributed by atoms with Gasteiger partial charge in [-0.25, -0.2) is 0 Å². The van der Waals surface area contributed by atoms with E-state index in [9.17, 15) is 9.59 Å². The Balaban J connectivity index is 4.27. The number of carboxylic acid groups (broad SMARTS) is 1. The lowest BCUT2D eigenvalue weighted by molar-refractivity contribution is -0.144. The first-order chi connectivity index (χ1) is 7.01. The average molecular weight is 214 g/mol. The van der Waals surface area contributed by atoms with E-state index in [4.69, 9.17) is 10.8 Å². The van der Waals surface area contributed by atoms with Gasteiger partial charge in [-0.2, -0.15) is 0 Å². The van der Waals surface area contributed by atoms with E-state index in [0.717, 1.165) is 0 Å². The largest absolute Gasteiger partial charge is 0.480 e. The summed E-state index contributed by atoms with van der Waals surface area (Å²) >= 11 is 0. The fourth-order valence-corrected chi connectivity index (χ4v) is 1.08. The number of carboxylic acids is 1. The van der Waals surface area contributed by atoms with Gasteiger partial charge in [0.2, 0.25) is 5.91 Å². The standard InChI is InChI=1S/C10H18N2O3/c1-3-4-12(7-10(14)15)9(13)5-8(2)6-11/h3,8H,1,4-7,11H2,2H3,(H,14,15). The molecule has 3 N–H and O–H groups in total. The summed E-state index contributed by atoms with van der Waals surface area (Å²) in [6, 6.07) is 0. The molecule has 5 heteroatoms. The van der Waals surface area contributed by atoms with Crippen LogP contribution in [0.2, 0.25) is 0 Å². The molecule has 0 radical (unpaired) electrons. The second-order valence-electron chi connectivity index (χ2n) is 3.50. The highest BCUT2D eigenvalue weighted by Crippen LogP contribution is 2.03. The Kier molecular flexibility index (Phi) is 6.37. The van der Waals surface area contributed by atoms with Crippen LogP contribution in [0.5, 0.6) is 0 Å². The van der Waals surface area contributed by atoms with Crippen molar-refractivity contribution in [3.8, 4) is 0 Å². The summed E-state index contributed by atoms with van der Waals surface area (Å²) in [5, 5.41) is 8.60. The van der Waals surface area contributed by atoms with Gasteiger partial charge >= 0.3 is 5.97 Å². The number of hydrogen-bond donors (Lipinski definition) is 2. The SMILES string of the molecule is C=CCN(CC(=O)O)C(=O)CC(C)CN. The Hall–Kier alpha value is -1.36. The van der Waals surface area contributed by atoms with Gasteiger partial charge in [-0.05, 0) is 12.5 Å². The lowest BCUT2D eigenvalue weighted by Gasteiger charge is -2.20. The molecule has 1 unspecified atom stereocenters. The normalized spacial score (nSPS) is 11.9. The van der Waals surface area contributed by atoms with E-state index in [0.29, 0.717) is 6.54 Å². The summed E-state index contributed by atoms with van der Waals surface area (Å²) in [6.45, 7) is 5.71. The molecule has 5 nitrogen and oxygen atoms in total. The monoisotopic (exact) mass is 214 g/mol. The Morgan fingerprint density at radius 1 is 1.60 bits per heavy atom. The summed E-state index contributed by atoms with van der Waals surface area (Å²) in [6.07, 6.45) is 1.78. The maximum atomic E-state index is 11.6. The lowest BCUT2D eigenvalue weighted by atomic mass is 10.1. The zero-order chi connectivity index (χ0) is 11.8. The third kappa shape index (κ3) is 5.85. The Morgan fingerprint density at radius 2 is 2.20 bits per heavy atom. The second-order valence-corrected chi connectivity index (χ2v) is 3.50. The molecule has 0 heterocycles. The smallest absolute Gasteiger partial charge is 0.323 e. The van der Waals surface area contributed by atoms with E-state index in [1.165, 1.54) is 11.0 Å². The average Bonchev–Trinajstić information content (AvgIpc) is 2.16. The van der Waals surface area contributed by atoms with Crippen LogP contribution in [0, 0.1) is 5.92 Å². The van der Waals surface area contributed by atoms with E-state index in [1.807, 2.05) is 6.92 Å². The highest BCUT2D eigenvalue weighted by Gasteiger charge is 2.17. The van der Waals surface area contributed by atoms with Crippen molar-refractivity contribution >= 4 is 11.9 Å². The maximum Gasteiger partial charge on any atom is 0.323 e. The zero-order valence-electron chi connectivity index (χ0n) is 8.98. The minimum absolute atomic E-state index is 0.0682. The van der Waals surface area contributed by atoms with Crippen molar-refractivity contribution in [2.45, 2.75) is 13.3 Å². The summed E-state index contributed by atoms with van der Waals surface area (Å²) in [5.74, 6) is -1.15. The van der Waals surface area contributed by atoms with E-state index in [2.05, 4.69) is 6.58 Å². The van der Waals surface area contributed by atoms with Crippen LogP contribution >= 0.6 is 0 Å². The van der Waals surface area contributed by atoms with Crippen molar-refractivity contribution in [3.05, 3.63) is 12.7 Å². The number of carbonyl (C=O) groups is 2. The van der Waals surface area contributed by atoms with Crippen LogP contribution in [0.1, 0.15) is 13.3 Å². The van der Waals surface area contributed by atoms with Crippen LogP contribution in [-0.2, 0) is 9.59 Å². The number of nitrogens with two attached hydrogens (primary N) is 1. The Bertz CT molecular complexity index is 241. The van der Waals surface area contributed by atoms with E-state index >= 15 is 0 Å². The number of amides is 1. The van der Waals surface area contributed by atoms with Crippen molar-refractivity contribution in [2.24, 2.45) is 11.7 Å². The van der Waals surface area contributed by atoms with Crippen molar-refractivity contribution in [1.29, 1.82) is 0 Å². The van der Waals surface area contributed by atoms with Crippen LogP contribution in [0.15, 0.2) is 12.7 Å². The van der Waals surface area contributed by atoms with Crippen molar-refractivity contribution < 1.29 is 14.7 Å². The second kappa shape index (κ2) is 7.00. The first-order valence-electron chi connectivity index (χ1n) is 4.81. The molecule has 0 saturated heterocycles. The molecule has 15 heavy (non-hydrogen) atoms. The van der Waals surface area contributed by atoms with Gasteiger partial charge in [0.05, 0.1) is 0 Å². The predicted molar refractivity (Wildman–Crippen MR) is 57.2 cm³/mol. The van der Waals surface area contributed by atoms with Crippen molar-refractivity contribution in [1.82, 2.24) is 4.90 Å². The zero-order valence-corrected chi connectivity index (χ0v) is 8.98. The topological polar surface area (TPSA) is 83.6 Å². The summed E-state index contributed by atoms with van der Waals surface area (Å²) in [7, 11) is 0. The number of nitrogens with zero attached hydrogens (tertiary/aromatic N) is 1. The van der Waals surface area contributed by atoms with E-state index in [1.54, 1.807) is 0 Å². The van der Waals surface area contributed by atoms with Gasteiger partial charge in [0, 0.05) is 13.0 Å². The number of aliphatic carboxylic acids is 1. The molecule has 0 spiro atoms. The van der Waals surface area contributed by atoms with Gasteiger partial charge in [0.15, 0.2) is 0 Å². The van der Waals surface area contributed by atoms with Crippen LogP contribution in [0.3, 0.4) is 0 Å². The van der Waals surface area contributed by atoms with Gasteiger partial charge < -0.3 is 15.7 Å². The number of hydrogen-bond acceptors (Lipinski definition) is 3. The summed E-state index contributed by atoms with van der Waals surface area (Å²) in [5.41, 5.74) is 5.39. The molecular weight excluding hydrogens is 196 g/mol. The number of carbonyl (C=O) groups excluding carboxylic acids is 1. The molecule has 0 rings (SSSR count). The third-order valence-electron chi connectivity index (χ3n) is 1.95. The lowest BCUT2D eigenvalue weighted by Crippen LogP contribution is -2.37. The molecule has 0 aromatic rings. The van der Waals surface area contributed by atoms with Crippen molar-refractivity contribution in [2.75, 3.05) is 19.6 Å². The minimum Gasteiger partial charge on any atom is -0.480 e. The van der Waals surface area contributed by atoms with Gasteiger partial charge in [-0.3, -0.25) is 9.59 Å². The van der Waals surface area contributed by atoms with E-state index in [-0.39, 0.29) is 31.3 Å². The van der Waals surface area contributed by atoms with Gasteiger partial charge in [0.25, 0.3) is 0 Å². The van der Waals surface area contributed by atoms with Gasteiger partial charge in [-0.1, -0.05) is 13.0 Å². The van der Waals surface area contributed by atoms with Crippen LogP contribution in [-0.4, -0.2) is 41.5 Å². The third-order valence-corrected chi connectivity index (χ3v) is 1.95. The first-order valence-corrected chi connectivity index (χ1v) is 4.81.